The van der Waals surface area contributed by atoms with E-state index in [1.165, 1.54) is 0 Å². The number of nitrogens with zero attached hydrogens (tertiary/aromatic N) is 6. The first-order chi connectivity index (χ1) is 16.5. The van der Waals surface area contributed by atoms with Gasteiger partial charge in [-0.1, -0.05) is 24.3 Å². The van der Waals surface area contributed by atoms with Crippen LogP contribution in [0.3, 0.4) is 0 Å². The van der Waals surface area contributed by atoms with Gasteiger partial charge in [0.1, 0.15) is 22.8 Å². The number of hydrogen-bond acceptors (Lipinski definition) is 6. The Balaban J connectivity index is 1.88. The first-order valence-corrected chi connectivity index (χ1v) is 11.2. The Bertz CT molecular complexity index is 1280. The van der Waals surface area contributed by atoms with Crippen molar-refractivity contribution in [2.24, 2.45) is 0 Å². The van der Waals surface area contributed by atoms with Gasteiger partial charge in [-0.05, 0) is 76.2 Å². The van der Waals surface area contributed by atoms with E-state index in [1.807, 2.05) is 100 Å². The van der Waals surface area contributed by atoms with Crippen LogP contribution in [0.5, 0.6) is 0 Å². The molecule has 0 N–H and O–H groups in total. The summed E-state index contributed by atoms with van der Waals surface area (Å²) in [6.45, 7) is 7.87. The summed E-state index contributed by atoms with van der Waals surface area (Å²) in [5.74, 6) is 0. The lowest BCUT2D eigenvalue weighted by Gasteiger charge is -2.15. The monoisotopic (exact) mass is 444 g/mol. The molecule has 5 aromatic rings. The fourth-order valence-corrected chi connectivity index (χ4v) is 3.85. The Hall–Kier alpha value is -4.32. The molecule has 0 amide bonds. The molecule has 5 aromatic heterocycles. The smallest absolute Gasteiger partial charge is 0.117 e. The molecule has 5 heterocycles. The molecule has 0 aromatic carbocycles. The quantitative estimate of drug-likeness (QED) is 0.340. The molecule has 0 radical (unpaired) electrons. The summed E-state index contributed by atoms with van der Waals surface area (Å²) in [6, 6.07) is 23.6. The van der Waals surface area contributed by atoms with Gasteiger partial charge in [-0.25, -0.2) is 9.97 Å². The first kappa shape index (κ1) is 21.5. The second-order valence-corrected chi connectivity index (χ2v) is 8.27. The molecule has 166 valence electrons. The predicted octanol–water partition coefficient (Wildman–Crippen LogP) is 5.96. The van der Waals surface area contributed by atoms with E-state index in [-0.39, 0.29) is 0 Å². The SMILES string of the molecule is Cc1cccc(-c2nc(-c3cccc(C)n3)c(-c3cccc(C)n3)nc2-c2cccc(C)n2)n1. The van der Waals surface area contributed by atoms with Crippen molar-refractivity contribution in [3.8, 4) is 45.6 Å². The average molecular weight is 445 g/mol. The van der Waals surface area contributed by atoms with Gasteiger partial charge >= 0.3 is 0 Å². The highest BCUT2D eigenvalue weighted by molar-refractivity contribution is 5.83. The molecule has 0 unspecified atom stereocenters. The molecule has 0 atom stereocenters. The van der Waals surface area contributed by atoms with Crippen molar-refractivity contribution in [1.82, 2.24) is 29.9 Å². The van der Waals surface area contributed by atoms with Crippen LogP contribution in [0.25, 0.3) is 45.6 Å². The fourth-order valence-electron chi connectivity index (χ4n) is 3.85. The zero-order chi connectivity index (χ0) is 23.7. The van der Waals surface area contributed by atoms with E-state index in [4.69, 9.17) is 29.9 Å². The highest BCUT2D eigenvalue weighted by Gasteiger charge is 2.22. The largest absolute Gasteiger partial charge is 0.251 e. The van der Waals surface area contributed by atoms with Crippen LogP contribution in [-0.2, 0) is 0 Å². The van der Waals surface area contributed by atoms with Gasteiger partial charge in [-0.3, -0.25) is 19.9 Å². The molecule has 6 nitrogen and oxygen atoms in total. The van der Waals surface area contributed by atoms with Crippen LogP contribution in [0.2, 0.25) is 0 Å². The molecule has 34 heavy (non-hydrogen) atoms. The molecule has 0 fully saturated rings. The highest BCUT2D eigenvalue weighted by atomic mass is 14.9. The summed E-state index contributed by atoms with van der Waals surface area (Å²) < 4.78 is 0. The molecule has 5 rings (SSSR count). The van der Waals surface area contributed by atoms with Crippen LogP contribution in [0.15, 0.2) is 72.8 Å². The van der Waals surface area contributed by atoms with Crippen molar-refractivity contribution in [3.63, 3.8) is 0 Å². The third-order valence-corrected chi connectivity index (χ3v) is 5.42. The lowest BCUT2D eigenvalue weighted by molar-refractivity contribution is 1.10. The topological polar surface area (TPSA) is 77.3 Å². The zero-order valence-corrected chi connectivity index (χ0v) is 19.6. The van der Waals surface area contributed by atoms with Crippen LogP contribution in [0, 0.1) is 27.7 Å². The highest BCUT2D eigenvalue weighted by Crippen LogP contribution is 2.35. The summed E-state index contributed by atoms with van der Waals surface area (Å²) >= 11 is 0. The molecule has 0 spiro atoms. The standard InChI is InChI=1S/C28H24N6/c1-17-9-5-13-21(29-17)25-26(22-14-6-10-18(2)30-22)34-28(24-16-8-12-20(4)32-24)27(33-25)23-15-7-11-19(3)31-23/h5-16H,1-4H3. The van der Waals surface area contributed by atoms with Gasteiger partial charge in [0.05, 0.1) is 22.8 Å². The Morgan fingerprint density at radius 3 is 0.765 bits per heavy atom. The Morgan fingerprint density at radius 2 is 0.559 bits per heavy atom. The maximum absolute atomic E-state index is 5.14. The maximum Gasteiger partial charge on any atom is 0.117 e. The van der Waals surface area contributed by atoms with E-state index >= 15 is 0 Å². The lowest BCUT2D eigenvalue weighted by atomic mass is 10.1. The Labute approximate surface area is 198 Å². The lowest BCUT2D eigenvalue weighted by Crippen LogP contribution is -2.05. The molecule has 0 saturated heterocycles. The van der Waals surface area contributed by atoms with Crippen molar-refractivity contribution in [1.29, 1.82) is 0 Å². The van der Waals surface area contributed by atoms with Gasteiger partial charge < -0.3 is 0 Å². The molecular formula is C28H24N6. The van der Waals surface area contributed by atoms with Gasteiger partial charge in [-0.2, -0.15) is 0 Å². The second kappa shape index (κ2) is 8.90. The summed E-state index contributed by atoms with van der Waals surface area (Å²) in [4.78, 5) is 29.3. The second-order valence-electron chi connectivity index (χ2n) is 8.27. The van der Waals surface area contributed by atoms with Crippen LogP contribution in [-0.4, -0.2) is 29.9 Å². The van der Waals surface area contributed by atoms with Crippen molar-refractivity contribution in [2.75, 3.05) is 0 Å². The van der Waals surface area contributed by atoms with Gasteiger partial charge in [-0.15, -0.1) is 0 Å². The Kier molecular flexibility index (Phi) is 5.64. The number of aryl methyl sites for hydroxylation is 4. The minimum atomic E-state index is 0.663. The van der Waals surface area contributed by atoms with Crippen molar-refractivity contribution < 1.29 is 0 Å². The van der Waals surface area contributed by atoms with Crippen LogP contribution >= 0.6 is 0 Å². The first-order valence-electron chi connectivity index (χ1n) is 11.2. The van der Waals surface area contributed by atoms with Gasteiger partial charge in [0, 0.05) is 22.8 Å². The summed E-state index contributed by atoms with van der Waals surface area (Å²) in [5, 5.41) is 0. The van der Waals surface area contributed by atoms with Crippen molar-refractivity contribution in [3.05, 3.63) is 95.6 Å². The molecule has 0 aliphatic rings. The summed E-state index contributed by atoms with van der Waals surface area (Å²) in [7, 11) is 0. The number of aromatic nitrogens is 6. The van der Waals surface area contributed by atoms with E-state index in [2.05, 4.69) is 0 Å². The third-order valence-electron chi connectivity index (χ3n) is 5.42. The molecule has 0 saturated carbocycles. The van der Waals surface area contributed by atoms with Gasteiger partial charge in [0.25, 0.3) is 0 Å². The van der Waals surface area contributed by atoms with E-state index in [9.17, 15) is 0 Å². The van der Waals surface area contributed by atoms with E-state index < -0.39 is 0 Å². The average Bonchev–Trinajstić information content (AvgIpc) is 2.83. The Morgan fingerprint density at radius 1 is 0.324 bits per heavy atom. The predicted molar refractivity (Wildman–Crippen MR) is 134 cm³/mol. The van der Waals surface area contributed by atoms with Crippen molar-refractivity contribution in [2.45, 2.75) is 27.7 Å². The third kappa shape index (κ3) is 4.30. The van der Waals surface area contributed by atoms with Gasteiger partial charge in [0.15, 0.2) is 0 Å². The van der Waals surface area contributed by atoms with Crippen molar-refractivity contribution >= 4 is 0 Å². The molecular weight excluding hydrogens is 420 g/mol. The normalized spacial score (nSPS) is 10.9. The number of hydrogen-bond donors (Lipinski definition) is 0. The van der Waals surface area contributed by atoms with Crippen LogP contribution < -0.4 is 0 Å². The maximum atomic E-state index is 5.14. The summed E-state index contributed by atoms with van der Waals surface area (Å²) in [5.41, 5.74) is 9.23. The van der Waals surface area contributed by atoms with Crippen LogP contribution in [0.4, 0.5) is 0 Å². The summed E-state index contributed by atoms with van der Waals surface area (Å²) in [6.07, 6.45) is 0. The number of rotatable bonds is 4. The molecule has 0 aliphatic heterocycles. The molecule has 0 bridgehead atoms. The van der Waals surface area contributed by atoms with E-state index in [0.717, 1.165) is 45.6 Å². The zero-order valence-electron chi connectivity index (χ0n) is 19.6. The fraction of sp³-hybridized carbons (Fsp3) is 0.143. The minimum absolute atomic E-state index is 0.663. The number of pyridine rings is 4. The van der Waals surface area contributed by atoms with Gasteiger partial charge in [0.2, 0.25) is 0 Å². The van der Waals surface area contributed by atoms with E-state index in [1.54, 1.807) is 0 Å². The molecule has 6 heteroatoms. The van der Waals surface area contributed by atoms with E-state index in [0.29, 0.717) is 22.8 Å². The molecule has 0 aliphatic carbocycles. The van der Waals surface area contributed by atoms with Crippen LogP contribution in [0.1, 0.15) is 22.8 Å². The minimum Gasteiger partial charge on any atom is -0.251 e.